The van der Waals surface area contributed by atoms with Crippen LogP contribution in [-0.4, -0.2) is 21.4 Å². The van der Waals surface area contributed by atoms with Gasteiger partial charge < -0.3 is 11.1 Å². The van der Waals surface area contributed by atoms with E-state index in [-0.39, 0.29) is 16.0 Å². The Kier molecular flexibility index (Phi) is 5.56. The largest absolute Gasteiger partial charge is 0.374 e. The minimum atomic E-state index is -0.417. The molecule has 1 unspecified atom stereocenters. The maximum atomic E-state index is 12.2. The van der Waals surface area contributed by atoms with E-state index >= 15 is 0 Å². The summed E-state index contributed by atoms with van der Waals surface area (Å²) in [7, 11) is 0. The molecule has 0 aliphatic heterocycles. The molecule has 0 radical (unpaired) electrons. The topological polar surface area (TPSA) is 80.9 Å². The Morgan fingerprint density at radius 3 is 2.48 bits per heavy atom. The standard InChI is InChI=1S/C11H9Cl3N4OS2/c1-4(20-11-18-17-10(15)21-11)9(19)16-8-6(13)2-5(12)3-7(8)14/h2-4H,1H3,(H2,15,17)(H,16,19). The number of nitrogens with one attached hydrogen (secondary N) is 1. The summed E-state index contributed by atoms with van der Waals surface area (Å²) in [6, 6.07) is 3.02. The Hall–Kier alpha value is -0.730. The lowest BCUT2D eigenvalue weighted by Crippen LogP contribution is -2.22. The molecule has 0 fully saturated rings. The van der Waals surface area contributed by atoms with Gasteiger partial charge in [0, 0.05) is 5.02 Å². The van der Waals surface area contributed by atoms with E-state index in [1.165, 1.54) is 35.2 Å². The fraction of sp³-hybridized carbons (Fsp3) is 0.182. The molecule has 3 N–H and O–H groups in total. The van der Waals surface area contributed by atoms with E-state index in [1.807, 2.05) is 0 Å². The average Bonchev–Trinajstić information content (AvgIpc) is 2.78. The summed E-state index contributed by atoms with van der Waals surface area (Å²) in [5.41, 5.74) is 5.82. The van der Waals surface area contributed by atoms with Crippen LogP contribution in [0.4, 0.5) is 10.8 Å². The van der Waals surface area contributed by atoms with Crippen molar-refractivity contribution in [3.8, 4) is 0 Å². The van der Waals surface area contributed by atoms with Gasteiger partial charge in [0.25, 0.3) is 0 Å². The van der Waals surface area contributed by atoms with Gasteiger partial charge in [-0.05, 0) is 19.1 Å². The van der Waals surface area contributed by atoms with E-state index < -0.39 is 5.25 Å². The van der Waals surface area contributed by atoms with E-state index in [0.717, 1.165) is 0 Å². The molecule has 21 heavy (non-hydrogen) atoms. The van der Waals surface area contributed by atoms with Crippen LogP contribution in [0.3, 0.4) is 0 Å². The van der Waals surface area contributed by atoms with E-state index in [9.17, 15) is 4.79 Å². The zero-order valence-electron chi connectivity index (χ0n) is 10.6. The van der Waals surface area contributed by atoms with Gasteiger partial charge >= 0.3 is 0 Å². The molecule has 0 aliphatic carbocycles. The van der Waals surface area contributed by atoms with Crippen molar-refractivity contribution in [3.63, 3.8) is 0 Å². The normalized spacial score (nSPS) is 12.2. The lowest BCUT2D eigenvalue weighted by atomic mass is 10.3. The van der Waals surface area contributed by atoms with Crippen molar-refractivity contribution in [1.29, 1.82) is 0 Å². The second-order valence-electron chi connectivity index (χ2n) is 3.90. The minimum Gasteiger partial charge on any atom is -0.374 e. The molecule has 2 aromatic rings. The molecule has 1 amide bonds. The van der Waals surface area contributed by atoms with Crippen molar-refractivity contribution >= 4 is 74.6 Å². The molecule has 0 saturated heterocycles. The predicted molar refractivity (Wildman–Crippen MR) is 89.7 cm³/mol. The summed E-state index contributed by atoms with van der Waals surface area (Å²) in [5.74, 6) is -0.264. The molecule has 0 spiro atoms. The highest BCUT2D eigenvalue weighted by molar-refractivity contribution is 8.02. The highest BCUT2D eigenvalue weighted by atomic mass is 35.5. The number of hydrogen-bond acceptors (Lipinski definition) is 6. The van der Waals surface area contributed by atoms with Gasteiger partial charge in [0.05, 0.1) is 21.0 Å². The third kappa shape index (κ3) is 4.37. The number of carbonyl (C=O) groups is 1. The van der Waals surface area contributed by atoms with Crippen molar-refractivity contribution in [3.05, 3.63) is 27.2 Å². The van der Waals surface area contributed by atoms with Gasteiger partial charge in [-0.25, -0.2) is 0 Å². The Labute approximate surface area is 144 Å². The number of nitrogens with two attached hydrogens (primary N) is 1. The Balaban J connectivity index is 2.07. The molecule has 1 heterocycles. The van der Waals surface area contributed by atoms with Crippen LogP contribution >= 0.6 is 57.9 Å². The molecule has 1 atom stereocenters. The Morgan fingerprint density at radius 1 is 1.33 bits per heavy atom. The number of carbonyl (C=O) groups excluding carboxylic acids is 1. The molecule has 0 bridgehead atoms. The van der Waals surface area contributed by atoms with Crippen LogP contribution in [0.5, 0.6) is 0 Å². The average molecular weight is 384 g/mol. The first-order chi connectivity index (χ1) is 9.86. The molecule has 1 aromatic heterocycles. The molecular formula is C11H9Cl3N4OS2. The first-order valence-corrected chi connectivity index (χ1v) is 8.41. The quantitative estimate of drug-likeness (QED) is 0.773. The number of hydrogen-bond donors (Lipinski definition) is 2. The number of rotatable bonds is 4. The summed E-state index contributed by atoms with van der Waals surface area (Å²) in [4.78, 5) is 12.2. The van der Waals surface area contributed by atoms with Crippen LogP contribution in [0.1, 0.15) is 6.92 Å². The first-order valence-electron chi connectivity index (χ1n) is 5.58. The predicted octanol–water partition coefficient (Wildman–Crippen LogP) is 4.20. The Morgan fingerprint density at radius 2 is 1.95 bits per heavy atom. The highest BCUT2D eigenvalue weighted by Crippen LogP contribution is 2.35. The Bertz CT molecular complexity index is 656. The third-order valence-corrected chi connectivity index (χ3v) is 5.08. The summed E-state index contributed by atoms with van der Waals surface area (Å²) >= 11 is 20.3. The fourth-order valence-corrected chi connectivity index (χ4v) is 4.05. The molecule has 5 nitrogen and oxygen atoms in total. The lowest BCUT2D eigenvalue weighted by Gasteiger charge is -2.13. The van der Waals surface area contributed by atoms with Gasteiger partial charge in [-0.3, -0.25) is 4.79 Å². The minimum absolute atomic E-state index is 0.264. The number of aromatic nitrogens is 2. The van der Waals surface area contributed by atoms with Gasteiger partial charge in [0.2, 0.25) is 11.0 Å². The summed E-state index contributed by atoms with van der Waals surface area (Å²) < 4.78 is 0.614. The van der Waals surface area contributed by atoms with Crippen LogP contribution in [0.2, 0.25) is 15.1 Å². The molecular weight excluding hydrogens is 375 g/mol. The van der Waals surface area contributed by atoms with Crippen LogP contribution in [0, 0.1) is 0 Å². The number of thioether (sulfide) groups is 1. The van der Waals surface area contributed by atoms with Gasteiger partial charge in [-0.15, -0.1) is 10.2 Å². The summed E-state index contributed by atoms with van der Waals surface area (Å²) in [5, 5.41) is 11.1. The number of anilines is 2. The van der Waals surface area contributed by atoms with Crippen LogP contribution in [-0.2, 0) is 4.79 Å². The zero-order valence-corrected chi connectivity index (χ0v) is 14.5. The van der Waals surface area contributed by atoms with E-state index in [2.05, 4.69) is 15.5 Å². The first kappa shape index (κ1) is 16.6. The van der Waals surface area contributed by atoms with Gasteiger partial charge in [0.15, 0.2) is 4.34 Å². The third-order valence-electron chi connectivity index (χ3n) is 2.32. The van der Waals surface area contributed by atoms with Crippen LogP contribution in [0.25, 0.3) is 0 Å². The number of nitrogens with zero attached hydrogens (tertiary/aromatic N) is 2. The van der Waals surface area contributed by atoms with Crippen molar-refractivity contribution < 1.29 is 4.79 Å². The monoisotopic (exact) mass is 382 g/mol. The van der Waals surface area contributed by atoms with E-state index in [1.54, 1.807) is 6.92 Å². The number of nitrogen functional groups attached to an aromatic ring is 1. The van der Waals surface area contributed by atoms with Crippen LogP contribution in [0.15, 0.2) is 16.5 Å². The molecule has 2 rings (SSSR count). The van der Waals surface area contributed by atoms with Gasteiger partial charge in [-0.2, -0.15) is 0 Å². The summed E-state index contributed by atoms with van der Waals surface area (Å²) in [6.07, 6.45) is 0. The fourth-order valence-electron chi connectivity index (χ4n) is 1.36. The number of amides is 1. The second-order valence-corrected chi connectivity index (χ2v) is 7.75. The molecule has 1 aromatic carbocycles. The van der Waals surface area contributed by atoms with Crippen molar-refractivity contribution in [1.82, 2.24) is 10.2 Å². The van der Waals surface area contributed by atoms with E-state index in [4.69, 9.17) is 40.5 Å². The second kappa shape index (κ2) is 7.02. The highest BCUT2D eigenvalue weighted by Gasteiger charge is 2.19. The lowest BCUT2D eigenvalue weighted by molar-refractivity contribution is -0.115. The molecule has 0 aliphatic rings. The maximum absolute atomic E-state index is 12.2. The summed E-state index contributed by atoms with van der Waals surface area (Å²) in [6.45, 7) is 1.73. The van der Waals surface area contributed by atoms with Gasteiger partial charge in [0.1, 0.15) is 0 Å². The molecule has 0 saturated carbocycles. The molecule has 112 valence electrons. The zero-order chi connectivity index (χ0) is 15.6. The van der Waals surface area contributed by atoms with Crippen molar-refractivity contribution in [2.24, 2.45) is 0 Å². The van der Waals surface area contributed by atoms with Crippen LogP contribution < -0.4 is 11.1 Å². The molecule has 10 heteroatoms. The van der Waals surface area contributed by atoms with Crippen molar-refractivity contribution in [2.75, 3.05) is 11.1 Å². The van der Waals surface area contributed by atoms with E-state index in [0.29, 0.717) is 20.2 Å². The van der Waals surface area contributed by atoms with Gasteiger partial charge in [-0.1, -0.05) is 57.9 Å². The maximum Gasteiger partial charge on any atom is 0.237 e. The smallest absolute Gasteiger partial charge is 0.237 e. The SMILES string of the molecule is CC(Sc1nnc(N)s1)C(=O)Nc1c(Cl)cc(Cl)cc1Cl. The van der Waals surface area contributed by atoms with Crippen molar-refractivity contribution in [2.45, 2.75) is 16.5 Å². The number of benzene rings is 1. The number of halogens is 3.